The second-order valence-electron chi connectivity index (χ2n) is 10.2. The van der Waals surface area contributed by atoms with Gasteiger partial charge in [-0.25, -0.2) is 19.2 Å². The Morgan fingerprint density at radius 2 is 1.88 bits per heavy atom. The number of phenolic OH excluding ortho intramolecular Hbond substituents is 1. The fraction of sp³-hybridized carbons (Fsp3) is 0.179. The predicted octanol–water partition coefficient (Wildman–Crippen LogP) is 9.01. The van der Waals surface area contributed by atoms with E-state index in [1.807, 2.05) is 19.9 Å². The molecule has 0 bridgehead atoms. The average molecular weight is 634 g/mol. The minimum Gasteiger partial charge on any atom is -0.506 e. The summed E-state index contributed by atoms with van der Waals surface area (Å²) in [5.74, 6) is -1.16. The summed E-state index contributed by atoms with van der Waals surface area (Å²) in [6.07, 6.45) is -4.62. The lowest BCUT2D eigenvalue weighted by Crippen LogP contribution is -2.27. The number of hydrogen-bond acceptors (Lipinski definition) is 7. The first-order valence-corrected chi connectivity index (χ1v) is 14.5. The van der Waals surface area contributed by atoms with Crippen LogP contribution in [0.15, 0.2) is 53.9 Å². The number of carbonyl (C=O) groups is 1. The number of halogens is 5. The van der Waals surface area contributed by atoms with Crippen LogP contribution in [0.1, 0.15) is 24.4 Å². The number of hydrogen-bond donors (Lipinski definition) is 3. The van der Waals surface area contributed by atoms with Gasteiger partial charge >= 0.3 is 12.2 Å². The molecule has 0 aliphatic carbocycles. The Kier molecular flexibility index (Phi) is 6.78. The molecule has 3 N–H and O–H groups in total. The summed E-state index contributed by atoms with van der Waals surface area (Å²) >= 11 is 7.81. The Morgan fingerprint density at radius 1 is 1.12 bits per heavy atom. The zero-order valence-electron chi connectivity index (χ0n) is 21.8. The van der Waals surface area contributed by atoms with E-state index < -0.39 is 28.4 Å². The van der Waals surface area contributed by atoms with E-state index in [0.717, 1.165) is 16.1 Å². The van der Waals surface area contributed by atoms with Gasteiger partial charge in [0.2, 0.25) is 0 Å². The largest absolute Gasteiger partial charge is 0.506 e. The van der Waals surface area contributed by atoms with E-state index in [1.54, 1.807) is 41.3 Å². The highest BCUT2D eigenvalue weighted by Crippen LogP contribution is 2.55. The van der Waals surface area contributed by atoms with Gasteiger partial charge in [0.1, 0.15) is 22.4 Å². The zero-order valence-corrected chi connectivity index (χ0v) is 24.2. The van der Waals surface area contributed by atoms with Crippen LogP contribution in [0.3, 0.4) is 0 Å². The molecule has 0 unspecified atom stereocenters. The van der Waals surface area contributed by atoms with E-state index in [0.29, 0.717) is 56.1 Å². The molecule has 1 aliphatic rings. The van der Waals surface area contributed by atoms with Gasteiger partial charge in [-0.2, -0.15) is 13.2 Å². The number of aromatic hydroxyl groups is 1. The first-order chi connectivity index (χ1) is 19.8. The summed E-state index contributed by atoms with van der Waals surface area (Å²) in [5, 5.41) is 17.0. The van der Waals surface area contributed by atoms with E-state index in [4.69, 9.17) is 11.6 Å². The smallest absolute Gasteiger partial charge is 0.443 e. The monoisotopic (exact) mass is 633 g/mol. The maximum atomic E-state index is 15.6. The third-order valence-electron chi connectivity index (χ3n) is 6.73. The number of thiazole rings is 2. The number of urea groups is 1. The highest BCUT2D eigenvalue weighted by atomic mass is 35.5. The number of phenols is 1. The van der Waals surface area contributed by atoms with Crippen molar-refractivity contribution in [3.05, 3.63) is 75.3 Å². The summed E-state index contributed by atoms with van der Waals surface area (Å²) in [4.78, 5) is 22.6. The fourth-order valence-corrected chi connectivity index (χ4v) is 6.87. The molecule has 6 rings (SSSR count). The molecule has 216 valence electrons. The number of fused-ring (bicyclic) bond motifs is 2. The Bertz CT molecular complexity index is 1870. The molecule has 7 nitrogen and oxygen atoms in total. The highest BCUT2D eigenvalue weighted by molar-refractivity contribution is 7.21. The number of carbonyl (C=O) groups excluding carboxylic acids is 1. The molecule has 1 aliphatic heterocycles. The zero-order chi connectivity index (χ0) is 30.0. The van der Waals surface area contributed by atoms with Crippen molar-refractivity contribution >= 4 is 73.4 Å². The van der Waals surface area contributed by atoms with E-state index in [9.17, 15) is 23.1 Å². The standard InChI is InChI=1S/C28H20ClF4N5O2S2/c1-27(2)12-38(17-6-4-3-5-15(17)35-26(40)37-20-11-41-25(36-20)28(31,32)33)23-18(39)10-14(30)21(22(23)27)24-34-16-9-13(29)7-8-19(16)42-24/h3-11,39H,12H2,1-2H3,(H2,35,37,40). The molecule has 5 aromatic rings. The summed E-state index contributed by atoms with van der Waals surface area (Å²) in [5.41, 5.74) is 1.91. The van der Waals surface area contributed by atoms with Crippen molar-refractivity contribution in [1.29, 1.82) is 0 Å². The SMILES string of the molecule is CC1(C)CN(c2ccccc2NC(=O)Nc2csc(C(F)(F)F)n2)c2c(O)cc(F)c(-c3nc4cc(Cl)ccc4s3)c21. The summed E-state index contributed by atoms with van der Waals surface area (Å²) < 4.78 is 55.2. The molecule has 0 saturated heterocycles. The van der Waals surface area contributed by atoms with Crippen molar-refractivity contribution in [1.82, 2.24) is 9.97 Å². The number of nitrogens with zero attached hydrogens (tertiary/aromatic N) is 3. The second kappa shape index (κ2) is 10.1. The number of amides is 2. The summed E-state index contributed by atoms with van der Waals surface area (Å²) in [7, 11) is 0. The summed E-state index contributed by atoms with van der Waals surface area (Å²) in [6, 6.07) is 12.2. The predicted molar refractivity (Wildman–Crippen MR) is 158 cm³/mol. The first kappa shape index (κ1) is 28.2. The molecule has 3 aromatic carbocycles. The third-order valence-corrected chi connectivity index (χ3v) is 8.90. The molecular formula is C28H20ClF4N5O2S2. The maximum absolute atomic E-state index is 15.6. The molecule has 0 radical (unpaired) electrons. The lowest BCUT2D eigenvalue weighted by Gasteiger charge is -2.25. The second-order valence-corrected chi connectivity index (χ2v) is 12.5. The Labute approximate surface area is 249 Å². The van der Waals surface area contributed by atoms with Crippen LogP contribution in [0.4, 0.5) is 45.2 Å². The van der Waals surface area contributed by atoms with Crippen LogP contribution in [0.2, 0.25) is 5.02 Å². The van der Waals surface area contributed by atoms with Crippen molar-refractivity contribution < 1.29 is 27.5 Å². The molecule has 14 heteroatoms. The van der Waals surface area contributed by atoms with Crippen molar-refractivity contribution in [3.8, 4) is 16.3 Å². The van der Waals surface area contributed by atoms with Crippen LogP contribution >= 0.6 is 34.3 Å². The quantitative estimate of drug-likeness (QED) is 0.172. The van der Waals surface area contributed by atoms with E-state index in [-0.39, 0.29) is 17.1 Å². The average Bonchev–Trinajstić information content (AvgIpc) is 3.60. The number of para-hydroxylation sites is 2. The molecule has 0 spiro atoms. The van der Waals surface area contributed by atoms with Gasteiger partial charge in [0.05, 0.1) is 32.8 Å². The van der Waals surface area contributed by atoms with E-state index >= 15 is 4.39 Å². The maximum Gasteiger partial charge on any atom is 0.443 e. The summed E-state index contributed by atoms with van der Waals surface area (Å²) in [6.45, 7) is 4.15. The lowest BCUT2D eigenvalue weighted by molar-refractivity contribution is -0.137. The van der Waals surface area contributed by atoms with Crippen molar-refractivity contribution in [2.75, 3.05) is 22.1 Å². The molecule has 0 fully saturated rings. The van der Waals surface area contributed by atoms with Crippen LogP contribution in [-0.4, -0.2) is 27.7 Å². The number of nitrogens with one attached hydrogen (secondary N) is 2. The minimum absolute atomic E-state index is 0.246. The fourth-order valence-electron chi connectivity index (χ4n) is 5.08. The van der Waals surface area contributed by atoms with Crippen LogP contribution in [0.5, 0.6) is 5.75 Å². The van der Waals surface area contributed by atoms with Crippen LogP contribution in [0.25, 0.3) is 20.8 Å². The van der Waals surface area contributed by atoms with Gasteiger partial charge in [-0.3, -0.25) is 5.32 Å². The first-order valence-electron chi connectivity index (χ1n) is 12.4. The molecule has 2 amide bonds. The Hall–Kier alpha value is -3.94. The Morgan fingerprint density at radius 3 is 2.62 bits per heavy atom. The van der Waals surface area contributed by atoms with Gasteiger partial charge in [-0.05, 0) is 30.3 Å². The van der Waals surface area contributed by atoms with Crippen molar-refractivity contribution in [2.45, 2.75) is 25.4 Å². The van der Waals surface area contributed by atoms with Crippen LogP contribution in [-0.2, 0) is 11.6 Å². The highest BCUT2D eigenvalue weighted by Gasteiger charge is 2.43. The number of benzene rings is 3. The van der Waals surface area contributed by atoms with Gasteiger partial charge in [0, 0.05) is 34.0 Å². The van der Waals surface area contributed by atoms with Gasteiger partial charge in [-0.15, -0.1) is 22.7 Å². The number of anilines is 4. The van der Waals surface area contributed by atoms with Gasteiger partial charge in [0.15, 0.2) is 5.01 Å². The van der Waals surface area contributed by atoms with Crippen LogP contribution < -0.4 is 15.5 Å². The lowest BCUT2D eigenvalue weighted by atomic mass is 9.83. The minimum atomic E-state index is -4.62. The Balaban J connectivity index is 1.38. The number of rotatable bonds is 4. The normalized spacial score (nSPS) is 14.3. The third kappa shape index (κ3) is 5.01. The van der Waals surface area contributed by atoms with Crippen molar-refractivity contribution in [2.24, 2.45) is 0 Å². The molecule has 3 heterocycles. The topological polar surface area (TPSA) is 90.4 Å². The van der Waals surface area contributed by atoms with E-state index in [2.05, 4.69) is 20.6 Å². The molecule has 0 atom stereocenters. The van der Waals surface area contributed by atoms with Gasteiger partial charge in [-0.1, -0.05) is 37.6 Å². The van der Waals surface area contributed by atoms with Gasteiger partial charge in [0.25, 0.3) is 0 Å². The van der Waals surface area contributed by atoms with Crippen molar-refractivity contribution in [3.63, 3.8) is 0 Å². The van der Waals surface area contributed by atoms with Gasteiger partial charge < -0.3 is 15.3 Å². The van der Waals surface area contributed by atoms with E-state index in [1.165, 1.54) is 11.3 Å². The number of aromatic nitrogens is 2. The number of alkyl halides is 3. The molecular weight excluding hydrogens is 614 g/mol. The molecule has 2 aromatic heterocycles. The van der Waals surface area contributed by atoms with Crippen LogP contribution in [0, 0.1) is 5.82 Å². The molecule has 42 heavy (non-hydrogen) atoms. The molecule has 0 saturated carbocycles.